The molecule has 0 aliphatic carbocycles. The number of carbonyl (C=O) groups excluding carboxylic acids is 1. The summed E-state index contributed by atoms with van der Waals surface area (Å²) >= 11 is 0. The Bertz CT molecular complexity index is 256. The molecule has 0 bridgehead atoms. The zero-order chi connectivity index (χ0) is 12.9. The minimum atomic E-state index is -0.217. The first kappa shape index (κ1) is 14.4. The zero-order valence-corrected chi connectivity index (χ0v) is 11.3. The summed E-state index contributed by atoms with van der Waals surface area (Å²) in [5.41, 5.74) is -0.0847. The molecule has 0 amide bonds. The largest absolute Gasteiger partial charge is 0.468 e. The summed E-state index contributed by atoms with van der Waals surface area (Å²) in [4.78, 5) is 13.7. The van der Waals surface area contributed by atoms with Crippen molar-refractivity contribution in [2.45, 2.75) is 31.9 Å². The number of morpholine rings is 1. The minimum Gasteiger partial charge on any atom is -0.468 e. The first-order chi connectivity index (χ1) is 7.98. The molecule has 1 saturated heterocycles. The van der Waals surface area contributed by atoms with Gasteiger partial charge in [0.25, 0.3) is 0 Å². The summed E-state index contributed by atoms with van der Waals surface area (Å²) in [7, 11) is 3.20. The topological polar surface area (TPSA) is 50.8 Å². The fourth-order valence-electron chi connectivity index (χ4n) is 2.14. The van der Waals surface area contributed by atoms with Gasteiger partial charge in [0, 0.05) is 19.6 Å². The van der Waals surface area contributed by atoms with Gasteiger partial charge in [0.1, 0.15) is 6.04 Å². The van der Waals surface area contributed by atoms with E-state index in [-0.39, 0.29) is 17.6 Å². The van der Waals surface area contributed by atoms with Crippen LogP contribution in [-0.2, 0) is 14.3 Å². The quantitative estimate of drug-likeness (QED) is 0.703. The smallest absolute Gasteiger partial charge is 0.322 e. The number of methoxy groups -OCH3 is 1. The molecular weight excluding hydrogens is 220 g/mol. The van der Waals surface area contributed by atoms with Crippen LogP contribution in [-0.4, -0.2) is 62.9 Å². The molecular formula is C12H24N2O3. The van der Waals surface area contributed by atoms with Gasteiger partial charge in [0.2, 0.25) is 0 Å². The number of ether oxygens (including phenoxy) is 2. The van der Waals surface area contributed by atoms with Crippen LogP contribution < -0.4 is 5.32 Å². The van der Waals surface area contributed by atoms with E-state index in [1.165, 1.54) is 7.11 Å². The molecule has 0 aromatic rings. The summed E-state index contributed by atoms with van der Waals surface area (Å²) < 4.78 is 10.4. The van der Waals surface area contributed by atoms with Crippen LogP contribution in [0.15, 0.2) is 0 Å². The standard InChI is InChI=1S/C12H24N2O3/c1-12(2)9-14(7-8-17-12)6-5-10(13-3)11(15)16-4/h10,13H,5-9H2,1-4H3. The number of esters is 1. The summed E-state index contributed by atoms with van der Waals surface area (Å²) in [5.74, 6) is -0.194. The fourth-order valence-corrected chi connectivity index (χ4v) is 2.14. The van der Waals surface area contributed by atoms with Crippen molar-refractivity contribution in [1.82, 2.24) is 10.2 Å². The molecule has 0 aromatic heterocycles. The van der Waals surface area contributed by atoms with Crippen LogP contribution in [0.3, 0.4) is 0 Å². The van der Waals surface area contributed by atoms with E-state index in [1.807, 2.05) is 0 Å². The molecule has 1 rings (SSSR count). The Kier molecular flexibility index (Phi) is 5.36. The van der Waals surface area contributed by atoms with Crippen molar-refractivity contribution in [2.24, 2.45) is 0 Å². The number of nitrogens with zero attached hydrogens (tertiary/aromatic N) is 1. The molecule has 100 valence electrons. The van der Waals surface area contributed by atoms with Crippen molar-refractivity contribution in [3.8, 4) is 0 Å². The molecule has 1 heterocycles. The first-order valence-corrected chi connectivity index (χ1v) is 6.10. The van der Waals surface area contributed by atoms with Crippen LogP contribution in [0.2, 0.25) is 0 Å². The molecule has 5 heteroatoms. The molecule has 1 aliphatic heterocycles. The monoisotopic (exact) mass is 244 g/mol. The van der Waals surface area contributed by atoms with Crippen molar-refractivity contribution < 1.29 is 14.3 Å². The van der Waals surface area contributed by atoms with Gasteiger partial charge in [0.05, 0.1) is 19.3 Å². The van der Waals surface area contributed by atoms with Crippen LogP contribution in [0.5, 0.6) is 0 Å². The van der Waals surface area contributed by atoms with E-state index in [1.54, 1.807) is 7.05 Å². The Balaban J connectivity index is 2.36. The molecule has 17 heavy (non-hydrogen) atoms. The highest BCUT2D eigenvalue weighted by molar-refractivity contribution is 5.75. The zero-order valence-electron chi connectivity index (χ0n) is 11.3. The Labute approximate surface area is 103 Å². The highest BCUT2D eigenvalue weighted by Crippen LogP contribution is 2.16. The molecule has 1 aliphatic rings. The predicted molar refractivity (Wildman–Crippen MR) is 66.0 cm³/mol. The van der Waals surface area contributed by atoms with Gasteiger partial charge in [-0.2, -0.15) is 0 Å². The van der Waals surface area contributed by atoms with Gasteiger partial charge < -0.3 is 14.8 Å². The van der Waals surface area contributed by atoms with Gasteiger partial charge >= 0.3 is 5.97 Å². The van der Waals surface area contributed by atoms with Gasteiger partial charge in [0.15, 0.2) is 0 Å². The van der Waals surface area contributed by atoms with E-state index >= 15 is 0 Å². The molecule has 0 spiro atoms. The maximum Gasteiger partial charge on any atom is 0.322 e. The fraction of sp³-hybridized carbons (Fsp3) is 0.917. The maximum absolute atomic E-state index is 11.4. The number of hydrogen-bond acceptors (Lipinski definition) is 5. The average molecular weight is 244 g/mol. The van der Waals surface area contributed by atoms with Crippen molar-refractivity contribution in [3.63, 3.8) is 0 Å². The van der Waals surface area contributed by atoms with Crippen molar-refractivity contribution >= 4 is 5.97 Å². The second-order valence-corrected chi connectivity index (χ2v) is 5.04. The number of likely N-dealkylation sites (N-methyl/N-ethyl adjacent to an activating group) is 1. The van der Waals surface area contributed by atoms with E-state index in [2.05, 4.69) is 24.1 Å². The second-order valence-electron chi connectivity index (χ2n) is 5.04. The summed E-state index contributed by atoms with van der Waals surface area (Å²) in [6.07, 6.45) is 0.763. The minimum absolute atomic E-state index is 0.0847. The Morgan fingerprint density at radius 3 is 2.82 bits per heavy atom. The Hall–Kier alpha value is -0.650. The predicted octanol–water partition coefficient (Wildman–Crippen LogP) is 0.248. The number of hydrogen-bond donors (Lipinski definition) is 1. The summed E-state index contributed by atoms with van der Waals surface area (Å²) in [6, 6.07) is -0.217. The maximum atomic E-state index is 11.4. The van der Waals surface area contributed by atoms with Crippen LogP contribution in [0, 0.1) is 0 Å². The normalized spacial score (nSPS) is 22.1. The highest BCUT2D eigenvalue weighted by Gasteiger charge is 2.28. The number of carbonyl (C=O) groups is 1. The lowest BCUT2D eigenvalue weighted by Crippen LogP contribution is -2.49. The average Bonchev–Trinajstić information content (AvgIpc) is 2.28. The second kappa shape index (κ2) is 6.33. The summed E-state index contributed by atoms with van der Waals surface area (Å²) in [6.45, 7) is 7.67. The lowest BCUT2D eigenvalue weighted by molar-refractivity contribution is -0.143. The molecule has 0 radical (unpaired) electrons. The molecule has 0 saturated carbocycles. The SMILES string of the molecule is CNC(CCN1CCOC(C)(C)C1)C(=O)OC. The third-order valence-corrected chi connectivity index (χ3v) is 3.07. The molecule has 5 nitrogen and oxygen atoms in total. The van der Waals surface area contributed by atoms with E-state index < -0.39 is 0 Å². The molecule has 0 aromatic carbocycles. The summed E-state index contributed by atoms with van der Waals surface area (Å²) in [5, 5.41) is 2.98. The van der Waals surface area contributed by atoms with E-state index in [4.69, 9.17) is 9.47 Å². The molecule has 1 fully saturated rings. The van der Waals surface area contributed by atoms with Crippen molar-refractivity contribution in [2.75, 3.05) is 40.4 Å². The lowest BCUT2D eigenvalue weighted by atomic mass is 10.1. The molecule has 1 N–H and O–H groups in total. The van der Waals surface area contributed by atoms with Crippen LogP contribution >= 0.6 is 0 Å². The van der Waals surface area contributed by atoms with Gasteiger partial charge in [-0.1, -0.05) is 0 Å². The van der Waals surface area contributed by atoms with Gasteiger partial charge in [-0.25, -0.2) is 0 Å². The number of rotatable bonds is 5. The highest BCUT2D eigenvalue weighted by atomic mass is 16.5. The first-order valence-electron chi connectivity index (χ1n) is 6.10. The van der Waals surface area contributed by atoms with Crippen LogP contribution in [0.4, 0.5) is 0 Å². The third kappa shape index (κ3) is 4.61. The van der Waals surface area contributed by atoms with Crippen LogP contribution in [0.1, 0.15) is 20.3 Å². The van der Waals surface area contributed by atoms with Gasteiger partial charge in [-0.3, -0.25) is 9.69 Å². The molecule has 1 unspecified atom stereocenters. The van der Waals surface area contributed by atoms with Gasteiger partial charge in [-0.05, 0) is 27.3 Å². The van der Waals surface area contributed by atoms with Crippen molar-refractivity contribution in [3.05, 3.63) is 0 Å². The third-order valence-electron chi connectivity index (χ3n) is 3.07. The van der Waals surface area contributed by atoms with E-state index in [0.717, 1.165) is 32.7 Å². The van der Waals surface area contributed by atoms with Crippen molar-refractivity contribution in [1.29, 1.82) is 0 Å². The molecule has 1 atom stereocenters. The van der Waals surface area contributed by atoms with E-state index in [9.17, 15) is 4.79 Å². The number of nitrogens with one attached hydrogen (secondary N) is 1. The van der Waals surface area contributed by atoms with Gasteiger partial charge in [-0.15, -0.1) is 0 Å². The van der Waals surface area contributed by atoms with Crippen LogP contribution in [0.25, 0.3) is 0 Å². The Morgan fingerprint density at radius 1 is 1.59 bits per heavy atom. The lowest BCUT2D eigenvalue weighted by Gasteiger charge is -2.38. The Morgan fingerprint density at radius 2 is 2.29 bits per heavy atom. The van der Waals surface area contributed by atoms with E-state index in [0.29, 0.717) is 0 Å².